The summed E-state index contributed by atoms with van der Waals surface area (Å²) in [5, 5.41) is 17.2. The molecule has 0 radical (unpaired) electrons. The summed E-state index contributed by atoms with van der Waals surface area (Å²) in [6.45, 7) is 2.53. The van der Waals surface area contributed by atoms with Crippen LogP contribution >= 0.6 is 22.9 Å². The Labute approximate surface area is 218 Å². The highest BCUT2D eigenvalue weighted by Gasteiger charge is 2.42. The van der Waals surface area contributed by atoms with E-state index in [1.807, 2.05) is 29.6 Å². The van der Waals surface area contributed by atoms with Gasteiger partial charge >= 0.3 is 0 Å². The largest absolute Gasteiger partial charge is 0.495 e. The molecule has 2 aliphatic heterocycles. The Morgan fingerprint density at radius 1 is 1.22 bits per heavy atom. The van der Waals surface area contributed by atoms with Gasteiger partial charge in [0.25, 0.3) is 5.69 Å². The number of thiophene rings is 1. The Kier molecular flexibility index (Phi) is 7.02. The van der Waals surface area contributed by atoms with Crippen molar-refractivity contribution < 1.29 is 14.5 Å². The number of non-ortho nitro benzene ring substituents is 1. The second-order valence-corrected chi connectivity index (χ2v) is 10.5. The van der Waals surface area contributed by atoms with E-state index >= 15 is 0 Å². The molecule has 1 saturated heterocycles. The average Bonchev–Trinajstić information content (AvgIpc) is 3.41. The van der Waals surface area contributed by atoms with Gasteiger partial charge in [0.05, 0.1) is 29.7 Å². The van der Waals surface area contributed by atoms with Crippen LogP contribution in [0, 0.1) is 16.0 Å². The Morgan fingerprint density at radius 3 is 2.83 bits per heavy atom. The number of benzene rings is 2. The molecule has 0 bridgehead atoms. The lowest BCUT2D eigenvalue weighted by Gasteiger charge is -2.49. The number of nitrogens with one attached hydrogen (secondary N) is 1. The summed E-state index contributed by atoms with van der Waals surface area (Å²) in [5.41, 5.74) is 2.75. The summed E-state index contributed by atoms with van der Waals surface area (Å²) in [6.07, 6.45) is 1.22. The van der Waals surface area contributed by atoms with Crippen molar-refractivity contribution in [3.63, 3.8) is 0 Å². The van der Waals surface area contributed by atoms with Crippen LogP contribution in [0.1, 0.15) is 10.4 Å². The van der Waals surface area contributed by atoms with Crippen LogP contribution in [0.4, 0.5) is 17.1 Å². The number of nitro benzene ring substituents is 1. The molecule has 0 saturated carbocycles. The lowest BCUT2D eigenvalue weighted by molar-refractivity contribution is -0.384. The number of nitro groups is 1. The van der Waals surface area contributed by atoms with Gasteiger partial charge in [0, 0.05) is 53.9 Å². The zero-order chi connectivity index (χ0) is 25.2. The second-order valence-electron chi connectivity index (χ2n) is 9.02. The van der Waals surface area contributed by atoms with E-state index in [-0.39, 0.29) is 28.5 Å². The summed E-state index contributed by atoms with van der Waals surface area (Å²) in [4.78, 5) is 30.2. The van der Waals surface area contributed by atoms with Crippen LogP contribution in [-0.2, 0) is 17.6 Å². The third-order valence-corrected chi connectivity index (χ3v) is 8.15. The highest BCUT2D eigenvalue weighted by molar-refractivity contribution is 7.09. The van der Waals surface area contributed by atoms with E-state index in [4.69, 9.17) is 16.3 Å². The molecule has 5 rings (SSSR count). The Hall–Kier alpha value is -3.30. The van der Waals surface area contributed by atoms with E-state index in [1.165, 1.54) is 4.88 Å². The molecule has 1 aromatic heterocycles. The first-order chi connectivity index (χ1) is 17.4. The first-order valence-electron chi connectivity index (χ1n) is 11.9. The minimum atomic E-state index is -0.383. The van der Waals surface area contributed by atoms with Gasteiger partial charge in [-0.2, -0.15) is 0 Å². The molecule has 8 nitrogen and oxygen atoms in total. The van der Waals surface area contributed by atoms with Gasteiger partial charge in [0.1, 0.15) is 5.75 Å². The summed E-state index contributed by atoms with van der Waals surface area (Å²) < 4.78 is 5.59. The first kappa shape index (κ1) is 24.4. The molecule has 188 valence electrons. The fourth-order valence-corrected chi connectivity index (χ4v) is 6.12. The van der Waals surface area contributed by atoms with Crippen LogP contribution in [0.2, 0.25) is 5.02 Å². The lowest BCUT2D eigenvalue weighted by Crippen LogP contribution is -2.61. The molecule has 2 aliphatic rings. The van der Waals surface area contributed by atoms with Gasteiger partial charge in [0.2, 0.25) is 5.91 Å². The van der Waals surface area contributed by atoms with Gasteiger partial charge in [-0.25, -0.2) is 0 Å². The van der Waals surface area contributed by atoms with Crippen molar-refractivity contribution in [3.8, 4) is 5.75 Å². The molecule has 0 spiro atoms. The van der Waals surface area contributed by atoms with Gasteiger partial charge in [-0.3, -0.25) is 14.9 Å². The maximum atomic E-state index is 13.5. The number of piperazine rings is 1. The van der Waals surface area contributed by atoms with Crippen LogP contribution in [0.25, 0.3) is 0 Å². The second kappa shape index (κ2) is 10.4. The molecule has 0 aliphatic carbocycles. The maximum absolute atomic E-state index is 13.5. The number of nitrogens with zero attached hydrogens (tertiary/aromatic N) is 3. The third-order valence-electron chi connectivity index (χ3n) is 6.98. The van der Waals surface area contributed by atoms with Crippen molar-refractivity contribution in [1.29, 1.82) is 0 Å². The van der Waals surface area contributed by atoms with Gasteiger partial charge < -0.3 is 19.9 Å². The number of anilines is 2. The minimum Gasteiger partial charge on any atom is -0.495 e. The third kappa shape index (κ3) is 4.85. The Morgan fingerprint density at radius 2 is 2.08 bits per heavy atom. The number of carbonyl (C=O) groups is 1. The smallest absolute Gasteiger partial charge is 0.269 e. The normalized spacial score (nSPS) is 18.8. The van der Waals surface area contributed by atoms with Crippen molar-refractivity contribution >= 4 is 45.9 Å². The molecule has 0 unspecified atom stereocenters. The zero-order valence-corrected chi connectivity index (χ0v) is 21.4. The van der Waals surface area contributed by atoms with Crippen LogP contribution < -0.4 is 19.9 Å². The number of hydrogen-bond acceptors (Lipinski definition) is 7. The number of halogens is 1. The van der Waals surface area contributed by atoms with E-state index in [9.17, 15) is 14.9 Å². The van der Waals surface area contributed by atoms with E-state index in [0.29, 0.717) is 37.6 Å². The van der Waals surface area contributed by atoms with Crippen molar-refractivity contribution in [2.75, 3.05) is 43.1 Å². The van der Waals surface area contributed by atoms with E-state index in [2.05, 4.69) is 21.2 Å². The quantitative estimate of drug-likeness (QED) is 0.359. The lowest BCUT2D eigenvalue weighted by atomic mass is 9.83. The van der Waals surface area contributed by atoms with E-state index < -0.39 is 0 Å². The predicted octanol–water partition coefficient (Wildman–Crippen LogP) is 4.54. The van der Waals surface area contributed by atoms with Gasteiger partial charge in [-0.15, -0.1) is 11.3 Å². The summed E-state index contributed by atoms with van der Waals surface area (Å²) >= 11 is 7.98. The number of ether oxygens (including phenoxy) is 1. The van der Waals surface area contributed by atoms with E-state index in [0.717, 1.165) is 29.1 Å². The van der Waals surface area contributed by atoms with Gasteiger partial charge in [-0.1, -0.05) is 17.7 Å². The molecule has 2 atom stereocenters. The maximum Gasteiger partial charge on any atom is 0.269 e. The molecule has 3 heterocycles. The number of amides is 1. The van der Waals surface area contributed by atoms with Crippen molar-refractivity contribution in [3.05, 3.63) is 79.5 Å². The number of methoxy groups -OCH3 is 1. The molecule has 1 fully saturated rings. The van der Waals surface area contributed by atoms with Gasteiger partial charge in [0.15, 0.2) is 0 Å². The number of hydrogen-bond donors (Lipinski definition) is 1. The molecular formula is C26H27ClN4O4S. The number of fused-ring (bicyclic) bond motifs is 3. The van der Waals surface area contributed by atoms with Gasteiger partial charge in [-0.05, 0) is 54.1 Å². The highest BCUT2D eigenvalue weighted by Crippen LogP contribution is 2.40. The minimum absolute atomic E-state index is 0.0291. The van der Waals surface area contributed by atoms with Crippen LogP contribution in [0.15, 0.2) is 53.9 Å². The van der Waals surface area contributed by atoms with Crippen molar-refractivity contribution in [2.45, 2.75) is 18.9 Å². The summed E-state index contributed by atoms with van der Waals surface area (Å²) in [6, 6.07) is 14.5. The Balaban J connectivity index is 1.43. The molecule has 1 N–H and O–H groups in total. The molecule has 2 aromatic carbocycles. The molecule has 36 heavy (non-hydrogen) atoms. The molecule has 3 aromatic rings. The summed E-state index contributed by atoms with van der Waals surface area (Å²) in [5.74, 6) is 0.353. The highest BCUT2D eigenvalue weighted by atomic mass is 35.5. The first-order valence-corrected chi connectivity index (χ1v) is 13.1. The molecule has 1 amide bonds. The monoisotopic (exact) mass is 526 g/mol. The van der Waals surface area contributed by atoms with E-state index in [1.54, 1.807) is 36.6 Å². The zero-order valence-electron chi connectivity index (χ0n) is 19.9. The van der Waals surface area contributed by atoms with Crippen LogP contribution in [0.5, 0.6) is 5.75 Å². The average molecular weight is 527 g/mol. The fraction of sp³-hybridized carbons (Fsp3) is 0.346. The van der Waals surface area contributed by atoms with Crippen LogP contribution in [0.3, 0.4) is 0 Å². The number of rotatable bonds is 7. The van der Waals surface area contributed by atoms with Crippen molar-refractivity contribution in [1.82, 2.24) is 5.32 Å². The fourth-order valence-electron chi connectivity index (χ4n) is 5.25. The van der Waals surface area contributed by atoms with Crippen LogP contribution in [-0.4, -0.2) is 50.2 Å². The Bertz CT molecular complexity index is 1270. The topological polar surface area (TPSA) is 87.9 Å². The SMILES string of the molecule is COc1ccc(Cl)cc1N1CCN2c3ccc([N+](=O)[O-])cc3C[C@@H](C(=O)NCCc3cccs3)[C@@H]2C1. The molecular weight excluding hydrogens is 500 g/mol. The molecule has 10 heteroatoms. The predicted molar refractivity (Wildman–Crippen MR) is 143 cm³/mol. The number of carbonyl (C=O) groups excluding carboxylic acids is 1. The van der Waals surface area contributed by atoms with Crippen molar-refractivity contribution in [2.24, 2.45) is 5.92 Å². The standard InChI is InChI=1S/C26H27ClN4O4S/c1-35-25-7-4-18(27)15-23(25)29-10-11-30-22-6-5-19(31(33)34)13-17(22)14-21(24(30)16-29)26(32)28-9-8-20-3-2-12-36-20/h2-7,12-13,15,21,24H,8-11,14,16H2,1H3,(H,28,32)/t21-,24+/m1/s1. The summed E-state index contributed by atoms with van der Waals surface area (Å²) in [7, 11) is 1.64.